The Morgan fingerprint density at radius 2 is 2.04 bits per heavy atom. The van der Waals surface area contributed by atoms with Crippen LogP contribution < -0.4 is 5.32 Å². The highest BCUT2D eigenvalue weighted by Crippen LogP contribution is 2.29. The molecular weight excluding hydrogens is 316 g/mol. The van der Waals surface area contributed by atoms with Gasteiger partial charge in [0.15, 0.2) is 6.29 Å². The first kappa shape index (κ1) is 16.6. The average molecular weight is 340 g/mol. The minimum Gasteiger partial charge on any atom is -0.350 e. The maximum atomic E-state index is 12.5. The van der Waals surface area contributed by atoms with E-state index in [9.17, 15) is 4.79 Å². The van der Waals surface area contributed by atoms with Crippen LogP contribution in [0.15, 0.2) is 0 Å². The lowest BCUT2D eigenvalue weighted by atomic mass is 9.98. The Bertz CT molecular complexity index is 551. The Kier molecular flexibility index (Phi) is 4.84. The average Bonchev–Trinajstić information content (AvgIpc) is 3.18. The van der Waals surface area contributed by atoms with Crippen molar-refractivity contribution in [1.29, 1.82) is 0 Å². The van der Waals surface area contributed by atoms with Gasteiger partial charge >= 0.3 is 6.03 Å². The summed E-state index contributed by atoms with van der Waals surface area (Å²) in [6, 6.07) is -0.121. The second-order valence-electron chi connectivity index (χ2n) is 7.05. The van der Waals surface area contributed by atoms with Crippen molar-refractivity contribution in [2.75, 3.05) is 31.6 Å². The fraction of sp³-hybridized carbons (Fsp3) is 0.800. The summed E-state index contributed by atoms with van der Waals surface area (Å²) >= 11 is 1.43. The zero-order valence-corrected chi connectivity index (χ0v) is 14.7. The summed E-state index contributed by atoms with van der Waals surface area (Å²) in [5, 5.41) is 12.6. The van der Waals surface area contributed by atoms with E-state index >= 15 is 0 Å². The van der Waals surface area contributed by atoms with Crippen molar-refractivity contribution in [2.45, 2.75) is 45.3 Å². The summed E-state index contributed by atoms with van der Waals surface area (Å²) < 4.78 is 11.2. The van der Waals surface area contributed by atoms with Crippen LogP contribution in [0.4, 0.5) is 9.93 Å². The van der Waals surface area contributed by atoms with Crippen LogP contribution in [0.25, 0.3) is 0 Å². The van der Waals surface area contributed by atoms with Gasteiger partial charge in [0.25, 0.3) is 0 Å². The fourth-order valence-electron chi connectivity index (χ4n) is 2.81. The number of anilines is 1. The second-order valence-corrected chi connectivity index (χ2v) is 8.03. The highest BCUT2D eigenvalue weighted by atomic mass is 32.1. The van der Waals surface area contributed by atoms with Crippen molar-refractivity contribution in [3.63, 3.8) is 0 Å². The van der Waals surface area contributed by atoms with Crippen LogP contribution in [0.5, 0.6) is 0 Å². The van der Waals surface area contributed by atoms with Crippen LogP contribution in [0.2, 0.25) is 0 Å². The smallest absolute Gasteiger partial charge is 0.323 e. The van der Waals surface area contributed by atoms with Gasteiger partial charge in [-0.1, -0.05) is 32.1 Å². The highest BCUT2D eigenvalue weighted by molar-refractivity contribution is 7.15. The Morgan fingerprint density at radius 3 is 2.70 bits per heavy atom. The third-order valence-corrected chi connectivity index (χ3v) is 5.32. The molecule has 1 atom stereocenters. The van der Waals surface area contributed by atoms with E-state index in [2.05, 4.69) is 36.3 Å². The first-order valence-corrected chi connectivity index (χ1v) is 8.88. The molecular formula is C15H24N4O3S. The van der Waals surface area contributed by atoms with E-state index in [1.807, 2.05) is 4.90 Å². The molecule has 0 spiro atoms. The number of ether oxygens (including phenoxy) is 2. The molecule has 3 heterocycles. The van der Waals surface area contributed by atoms with Crippen LogP contribution in [0, 0.1) is 5.92 Å². The molecule has 2 aliphatic heterocycles. The number of nitrogens with zero attached hydrogens (tertiary/aromatic N) is 3. The fourth-order valence-corrected chi connectivity index (χ4v) is 3.60. The van der Waals surface area contributed by atoms with E-state index in [0.29, 0.717) is 24.9 Å². The molecule has 1 N–H and O–H groups in total. The Labute approximate surface area is 140 Å². The van der Waals surface area contributed by atoms with Gasteiger partial charge in [-0.25, -0.2) is 4.79 Å². The molecule has 2 fully saturated rings. The summed E-state index contributed by atoms with van der Waals surface area (Å²) in [5.74, 6) is 0.247. The van der Waals surface area contributed by atoms with E-state index in [-0.39, 0.29) is 23.7 Å². The van der Waals surface area contributed by atoms with Crippen molar-refractivity contribution < 1.29 is 14.3 Å². The monoisotopic (exact) mass is 340 g/mol. The molecule has 2 aliphatic rings. The zero-order valence-electron chi connectivity index (χ0n) is 13.9. The molecule has 128 valence electrons. The van der Waals surface area contributed by atoms with Gasteiger partial charge in [0, 0.05) is 24.4 Å². The first-order chi connectivity index (χ1) is 10.9. The molecule has 8 heteroatoms. The van der Waals surface area contributed by atoms with E-state index in [1.54, 1.807) is 0 Å². The number of hydrogen-bond donors (Lipinski definition) is 1. The molecule has 2 saturated heterocycles. The maximum Gasteiger partial charge on any atom is 0.323 e. The largest absolute Gasteiger partial charge is 0.350 e. The van der Waals surface area contributed by atoms with Gasteiger partial charge in [0.2, 0.25) is 5.13 Å². The molecule has 0 unspecified atom stereocenters. The Hall–Kier alpha value is -1.25. The minimum absolute atomic E-state index is 0.0615. The molecule has 1 aromatic heterocycles. The van der Waals surface area contributed by atoms with Crippen LogP contribution in [-0.4, -0.2) is 53.7 Å². The molecule has 0 aliphatic carbocycles. The molecule has 23 heavy (non-hydrogen) atoms. The Balaban J connectivity index is 1.58. The molecule has 0 aromatic carbocycles. The van der Waals surface area contributed by atoms with Gasteiger partial charge < -0.3 is 14.4 Å². The van der Waals surface area contributed by atoms with Crippen LogP contribution in [0.1, 0.15) is 38.6 Å². The number of hydrogen-bond acceptors (Lipinski definition) is 6. The number of carbonyl (C=O) groups is 1. The molecule has 0 bridgehead atoms. The SMILES string of the molecule is CC(C)(C)c1nnc(NC(=O)N2CCC[C@@H](C3OCCO3)C2)s1. The van der Waals surface area contributed by atoms with Crippen molar-refractivity contribution >= 4 is 22.5 Å². The summed E-state index contributed by atoms with van der Waals surface area (Å²) in [5.41, 5.74) is -0.0615. The standard InChI is InChI=1S/C15H24N4O3S/c1-15(2,3)12-17-18-13(23-12)16-14(20)19-6-4-5-10(9-19)11-21-7-8-22-11/h10-11H,4-9H2,1-3H3,(H,16,18,20)/t10-/m1/s1. The first-order valence-electron chi connectivity index (χ1n) is 8.06. The predicted octanol–water partition coefficient (Wildman–Crippen LogP) is 2.45. The summed E-state index contributed by atoms with van der Waals surface area (Å²) in [7, 11) is 0. The number of piperidine rings is 1. The van der Waals surface area contributed by atoms with Crippen molar-refractivity contribution in [3.8, 4) is 0 Å². The van der Waals surface area contributed by atoms with Crippen molar-refractivity contribution in [2.24, 2.45) is 5.92 Å². The van der Waals surface area contributed by atoms with Gasteiger partial charge in [-0.05, 0) is 12.8 Å². The van der Waals surface area contributed by atoms with Gasteiger partial charge in [-0.15, -0.1) is 10.2 Å². The Morgan fingerprint density at radius 1 is 1.30 bits per heavy atom. The second kappa shape index (κ2) is 6.70. The number of aromatic nitrogens is 2. The lowest BCUT2D eigenvalue weighted by Crippen LogP contribution is -2.45. The van der Waals surface area contributed by atoms with E-state index in [4.69, 9.17) is 9.47 Å². The predicted molar refractivity (Wildman–Crippen MR) is 87.6 cm³/mol. The normalized spacial score (nSPS) is 23.3. The van der Waals surface area contributed by atoms with Gasteiger partial charge in [-0.2, -0.15) is 0 Å². The molecule has 3 rings (SSSR count). The number of rotatable bonds is 2. The van der Waals surface area contributed by atoms with E-state index < -0.39 is 0 Å². The van der Waals surface area contributed by atoms with Crippen molar-refractivity contribution in [3.05, 3.63) is 5.01 Å². The molecule has 2 amide bonds. The minimum atomic E-state index is -0.167. The molecule has 0 radical (unpaired) electrons. The topological polar surface area (TPSA) is 76.6 Å². The number of nitrogens with one attached hydrogen (secondary N) is 1. The van der Waals surface area contributed by atoms with Crippen LogP contribution in [-0.2, 0) is 14.9 Å². The van der Waals surface area contributed by atoms with Gasteiger partial charge in [0.05, 0.1) is 13.2 Å². The highest BCUT2D eigenvalue weighted by Gasteiger charge is 2.33. The van der Waals surface area contributed by atoms with E-state index in [1.165, 1.54) is 11.3 Å². The lowest BCUT2D eigenvalue weighted by Gasteiger charge is -2.34. The lowest BCUT2D eigenvalue weighted by molar-refractivity contribution is -0.0959. The van der Waals surface area contributed by atoms with Crippen LogP contribution in [0.3, 0.4) is 0 Å². The molecule has 7 nitrogen and oxygen atoms in total. The number of carbonyl (C=O) groups excluding carboxylic acids is 1. The zero-order chi connectivity index (χ0) is 16.4. The third kappa shape index (κ3) is 3.99. The van der Waals surface area contributed by atoms with Crippen molar-refractivity contribution in [1.82, 2.24) is 15.1 Å². The third-order valence-electron chi connectivity index (χ3n) is 4.06. The molecule has 0 saturated carbocycles. The van der Waals surface area contributed by atoms with Gasteiger partial charge in [0.1, 0.15) is 5.01 Å². The number of amides is 2. The van der Waals surface area contributed by atoms with Gasteiger partial charge in [-0.3, -0.25) is 5.32 Å². The quantitative estimate of drug-likeness (QED) is 0.895. The number of urea groups is 1. The summed E-state index contributed by atoms with van der Waals surface area (Å²) in [4.78, 5) is 14.3. The molecule has 1 aromatic rings. The maximum absolute atomic E-state index is 12.5. The van der Waals surface area contributed by atoms with E-state index in [0.717, 1.165) is 24.4 Å². The summed E-state index contributed by atoms with van der Waals surface area (Å²) in [6.45, 7) is 8.94. The number of likely N-dealkylation sites (tertiary alicyclic amines) is 1. The summed E-state index contributed by atoms with van der Waals surface area (Å²) in [6.07, 6.45) is 1.83. The van der Waals surface area contributed by atoms with Crippen LogP contribution >= 0.6 is 11.3 Å².